The van der Waals surface area contributed by atoms with Gasteiger partial charge in [0.25, 0.3) is 0 Å². The van der Waals surface area contributed by atoms with Crippen molar-refractivity contribution in [2.75, 3.05) is 0 Å². The van der Waals surface area contributed by atoms with Crippen LogP contribution in [0.15, 0.2) is 42.5 Å². The van der Waals surface area contributed by atoms with Crippen LogP contribution in [0.5, 0.6) is 5.75 Å². The zero-order chi connectivity index (χ0) is 13.8. The molecule has 2 rings (SSSR count). The molecule has 0 saturated heterocycles. The molecule has 0 aliphatic carbocycles. The molecule has 2 nitrogen and oxygen atoms in total. The van der Waals surface area contributed by atoms with Crippen LogP contribution in [0.25, 0.3) is 0 Å². The second-order valence-corrected chi connectivity index (χ2v) is 4.57. The molecule has 3 heteroatoms. The molecule has 100 valence electrons. The van der Waals surface area contributed by atoms with Crippen LogP contribution in [-0.4, -0.2) is 5.11 Å². The SMILES string of the molecule is Cc1ccccc1COc1ccc([C@@H](C)O)c(F)c1. The second-order valence-electron chi connectivity index (χ2n) is 4.57. The van der Waals surface area contributed by atoms with Crippen molar-refractivity contribution >= 4 is 0 Å². The van der Waals surface area contributed by atoms with Crippen molar-refractivity contribution in [3.8, 4) is 5.75 Å². The van der Waals surface area contributed by atoms with E-state index in [9.17, 15) is 9.50 Å². The first-order valence-corrected chi connectivity index (χ1v) is 6.22. The van der Waals surface area contributed by atoms with E-state index in [1.807, 2.05) is 31.2 Å². The van der Waals surface area contributed by atoms with Gasteiger partial charge in [0.2, 0.25) is 0 Å². The van der Waals surface area contributed by atoms with Crippen molar-refractivity contribution in [2.24, 2.45) is 0 Å². The van der Waals surface area contributed by atoms with Crippen molar-refractivity contribution in [2.45, 2.75) is 26.6 Å². The Morgan fingerprint density at radius 2 is 1.95 bits per heavy atom. The lowest BCUT2D eigenvalue weighted by Crippen LogP contribution is -2.00. The second kappa shape index (κ2) is 5.85. The van der Waals surface area contributed by atoms with Crippen LogP contribution < -0.4 is 4.74 Å². The summed E-state index contributed by atoms with van der Waals surface area (Å²) < 4.78 is 19.2. The van der Waals surface area contributed by atoms with E-state index in [1.165, 1.54) is 13.0 Å². The van der Waals surface area contributed by atoms with Gasteiger partial charge in [-0.3, -0.25) is 0 Å². The number of hydrogen-bond donors (Lipinski definition) is 1. The summed E-state index contributed by atoms with van der Waals surface area (Å²) in [7, 11) is 0. The van der Waals surface area contributed by atoms with Gasteiger partial charge in [0.05, 0.1) is 6.10 Å². The Hall–Kier alpha value is -1.87. The van der Waals surface area contributed by atoms with Crippen LogP contribution in [0.3, 0.4) is 0 Å². The Morgan fingerprint density at radius 3 is 2.58 bits per heavy atom. The van der Waals surface area contributed by atoms with Gasteiger partial charge in [-0.05, 0) is 37.1 Å². The van der Waals surface area contributed by atoms with Crippen molar-refractivity contribution in [1.82, 2.24) is 0 Å². The Labute approximate surface area is 112 Å². The zero-order valence-corrected chi connectivity index (χ0v) is 11.1. The van der Waals surface area contributed by atoms with Gasteiger partial charge in [-0.2, -0.15) is 0 Å². The number of aliphatic hydroxyl groups is 1. The first kappa shape index (κ1) is 13.6. The molecule has 1 atom stereocenters. The molecular formula is C16H17FO2. The highest BCUT2D eigenvalue weighted by Gasteiger charge is 2.09. The van der Waals surface area contributed by atoms with E-state index in [1.54, 1.807) is 12.1 Å². The van der Waals surface area contributed by atoms with Crippen LogP contribution in [0.4, 0.5) is 4.39 Å². The molecule has 2 aromatic carbocycles. The Balaban J connectivity index is 2.08. The van der Waals surface area contributed by atoms with Gasteiger partial charge < -0.3 is 9.84 Å². The van der Waals surface area contributed by atoms with Gasteiger partial charge in [-0.15, -0.1) is 0 Å². The van der Waals surface area contributed by atoms with Gasteiger partial charge in [0.15, 0.2) is 0 Å². The van der Waals surface area contributed by atoms with Crippen LogP contribution in [0, 0.1) is 12.7 Å². The van der Waals surface area contributed by atoms with Gasteiger partial charge in [-0.25, -0.2) is 4.39 Å². The highest BCUT2D eigenvalue weighted by atomic mass is 19.1. The minimum atomic E-state index is -0.814. The lowest BCUT2D eigenvalue weighted by molar-refractivity contribution is 0.194. The quantitative estimate of drug-likeness (QED) is 0.906. The molecule has 19 heavy (non-hydrogen) atoms. The topological polar surface area (TPSA) is 29.5 Å². The minimum Gasteiger partial charge on any atom is -0.489 e. The van der Waals surface area contributed by atoms with E-state index in [0.717, 1.165) is 11.1 Å². The van der Waals surface area contributed by atoms with Crippen LogP contribution in [0.1, 0.15) is 29.7 Å². The predicted molar refractivity (Wildman–Crippen MR) is 72.5 cm³/mol. The number of aryl methyl sites for hydroxylation is 1. The molecule has 0 aliphatic rings. The van der Waals surface area contributed by atoms with Gasteiger partial charge >= 0.3 is 0 Å². The van der Waals surface area contributed by atoms with E-state index in [-0.39, 0.29) is 5.56 Å². The van der Waals surface area contributed by atoms with E-state index in [0.29, 0.717) is 12.4 Å². The summed E-state index contributed by atoms with van der Waals surface area (Å²) >= 11 is 0. The zero-order valence-electron chi connectivity index (χ0n) is 11.1. The number of hydrogen-bond acceptors (Lipinski definition) is 2. The van der Waals surface area contributed by atoms with E-state index < -0.39 is 11.9 Å². The predicted octanol–water partition coefficient (Wildman–Crippen LogP) is 3.77. The van der Waals surface area contributed by atoms with Crippen LogP contribution >= 0.6 is 0 Å². The van der Waals surface area contributed by atoms with Gasteiger partial charge in [0.1, 0.15) is 18.2 Å². The molecule has 0 spiro atoms. The normalized spacial score (nSPS) is 12.2. The molecule has 0 saturated carbocycles. The summed E-state index contributed by atoms with van der Waals surface area (Å²) in [5.74, 6) is 0.0161. The maximum atomic E-state index is 13.7. The van der Waals surface area contributed by atoms with Gasteiger partial charge in [0, 0.05) is 11.6 Å². The maximum absolute atomic E-state index is 13.7. The molecular weight excluding hydrogens is 243 g/mol. The maximum Gasteiger partial charge on any atom is 0.132 e. The van der Waals surface area contributed by atoms with Crippen molar-refractivity contribution in [3.05, 3.63) is 65.0 Å². The van der Waals surface area contributed by atoms with Crippen molar-refractivity contribution in [1.29, 1.82) is 0 Å². The first-order valence-electron chi connectivity index (χ1n) is 6.22. The molecule has 0 amide bonds. The Kier molecular flexibility index (Phi) is 4.17. The molecule has 1 N–H and O–H groups in total. The molecule has 0 bridgehead atoms. The molecule has 0 aliphatic heterocycles. The summed E-state index contributed by atoms with van der Waals surface area (Å²) in [6, 6.07) is 12.4. The average Bonchev–Trinajstić information content (AvgIpc) is 2.37. The average molecular weight is 260 g/mol. The number of benzene rings is 2. The molecule has 0 radical (unpaired) electrons. The number of halogens is 1. The summed E-state index contributed by atoms with van der Waals surface area (Å²) in [5, 5.41) is 9.36. The fourth-order valence-electron chi connectivity index (χ4n) is 1.87. The third-order valence-corrected chi connectivity index (χ3v) is 3.08. The Bertz CT molecular complexity index is 564. The number of ether oxygens (including phenoxy) is 1. The fraction of sp³-hybridized carbons (Fsp3) is 0.250. The highest BCUT2D eigenvalue weighted by molar-refractivity contribution is 5.31. The number of rotatable bonds is 4. The van der Waals surface area contributed by atoms with E-state index in [2.05, 4.69) is 0 Å². The van der Waals surface area contributed by atoms with Crippen molar-refractivity contribution in [3.63, 3.8) is 0 Å². The monoisotopic (exact) mass is 260 g/mol. The molecule has 0 aromatic heterocycles. The third-order valence-electron chi connectivity index (χ3n) is 3.08. The lowest BCUT2D eigenvalue weighted by Gasteiger charge is -2.11. The summed E-state index contributed by atoms with van der Waals surface area (Å²) in [5.41, 5.74) is 2.49. The lowest BCUT2D eigenvalue weighted by atomic mass is 10.1. The number of aliphatic hydroxyl groups excluding tert-OH is 1. The summed E-state index contributed by atoms with van der Waals surface area (Å²) in [6.07, 6.45) is -0.814. The standard InChI is InChI=1S/C16H17FO2/c1-11-5-3-4-6-13(11)10-19-14-7-8-15(12(2)18)16(17)9-14/h3-9,12,18H,10H2,1-2H3/t12-/m1/s1. The van der Waals surface area contributed by atoms with Gasteiger partial charge in [-0.1, -0.05) is 24.3 Å². The first-order chi connectivity index (χ1) is 9.08. The van der Waals surface area contributed by atoms with Crippen LogP contribution in [0.2, 0.25) is 0 Å². The highest BCUT2D eigenvalue weighted by Crippen LogP contribution is 2.22. The smallest absolute Gasteiger partial charge is 0.132 e. The third kappa shape index (κ3) is 3.32. The van der Waals surface area contributed by atoms with E-state index >= 15 is 0 Å². The molecule has 0 heterocycles. The molecule has 0 fully saturated rings. The summed E-state index contributed by atoms with van der Waals surface area (Å²) in [4.78, 5) is 0. The van der Waals surface area contributed by atoms with Crippen LogP contribution in [-0.2, 0) is 6.61 Å². The minimum absolute atomic E-state index is 0.281. The fourth-order valence-corrected chi connectivity index (χ4v) is 1.87. The summed E-state index contributed by atoms with van der Waals surface area (Å²) in [6.45, 7) is 3.95. The van der Waals surface area contributed by atoms with E-state index in [4.69, 9.17) is 4.74 Å². The largest absolute Gasteiger partial charge is 0.489 e. The molecule has 0 unspecified atom stereocenters. The Morgan fingerprint density at radius 1 is 1.21 bits per heavy atom. The molecule has 2 aromatic rings. The van der Waals surface area contributed by atoms with Crippen molar-refractivity contribution < 1.29 is 14.2 Å².